The number of hydrogen-bond donors (Lipinski definition) is 0. The molecule has 0 aromatic carbocycles. The van der Waals surface area contributed by atoms with E-state index in [-0.39, 0.29) is 7.43 Å². The summed E-state index contributed by atoms with van der Waals surface area (Å²) >= 11 is 0. The van der Waals surface area contributed by atoms with Gasteiger partial charge in [-0.05, 0) is 12.0 Å². The first kappa shape index (κ1) is 12.0. The van der Waals surface area contributed by atoms with Crippen molar-refractivity contribution in [1.82, 2.24) is 0 Å². The van der Waals surface area contributed by atoms with Crippen LogP contribution in [0.3, 0.4) is 0 Å². The van der Waals surface area contributed by atoms with Crippen molar-refractivity contribution in [1.29, 1.82) is 0 Å². The fraction of sp³-hybridized carbons (Fsp3) is 0.400. The van der Waals surface area contributed by atoms with Crippen LogP contribution < -0.4 is 0 Å². The molecule has 0 N–H and O–H groups in total. The molecule has 0 spiro atoms. The molecule has 0 unspecified atom stereocenters. The Balaban J connectivity index is 0. The van der Waals surface area contributed by atoms with E-state index in [2.05, 4.69) is 20.1 Å². The van der Waals surface area contributed by atoms with Gasteiger partial charge in [0.1, 0.15) is 0 Å². The summed E-state index contributed by atoms with van der Waals surface area (Å²) in [6, 6.07) is 0. The third-order valence-corrected chi connectivity index (χ3v) is 1.13. The molecule has 0 atom stereocenters. The normalized spacial score (nSPS) is 9.90. The molecule has 0 heteroatoms. The minimum atomic E-state index is 0. The van der Waals surface area contributed by atoms with Crippen LogP contribution in [0.25, 0.3) is 0 Å². The van der Waals surface area contributed by atoms with Crippen molar-refractivity contribution in [2.75, 3.05) is 0 Å². The fourth-order valence-corrected chi connectivity index (χ4v) is 0.693. The van der Waals surface area contributed by atoms with Crippen LogP contribution in [0.1, 0.15) is 27.2 Å². The van der Waals surface area contributed by atoms with Gasteiger partial charge in [0, 0.05) is 0 Å². The van der Waals surface area contributed by atoms with Crippen LogP contribution in [-0.2, 0) is 0 Å². The first-order chi connectivity index (χ1) is 4.35. The SMILES string of the molecule is C.C=C/C=C(\C=C)CCC. The van der Waals surface area contributed by atoms with Crippen molar-refractivity contribution in [3.05, 3.63) is 37.0 Å². The van der Waals surface area contributed by atoms with E-state index >= 15 is 0 Å². The summed E-state index contributed by atoms with van der Waals surface area (Å²) < 4.78 is 0. The predicted molar refractivity (Wildman–Crippen MR) is 50.1 cm³/mol. The molecule has 0 bridgehead atoms. The highest BCUT2D eigenvalue weighted by Crippen LogP contribution is 2.04. The van der Waals surface area contributed by atoms with Crippen LogP contribution in [0.15, 0.2) is 37.0 Å². The molecule has 0 aromatic heterocycles. The molecule has 0 saturated heterocycles. The van der Waals surface area contributed by atoms with Gasteiger partial charge < -0.3 is 0 Å². The zero-order valence-electron chi connectivity index (χ0n) is 6.06. The maximum Gasteiger partial charge on any atom is -0.0282 e. The summed E-state index contributed by atoms with van der Waals surface area (Å²) in [4.78, 5) is 0. The van der Waals surface area contributed by atoms with E-state index in [1.54, 1.807) is 6.08 Å². The molecular weight excluding hydrogens is 120 g/mol. The molecule has 0 aliphatic heterocycles. The van der Waals surface area contributed by atoms with Crippen molar-refractivity contribution in [3.8, 4) is 0 Å². The summed E-state index contributed by atoms with van der Waals surface area (Å²) in [6.07, 6.45) is 7.95. The van der Waals surface area contributed by atoms with Gasteiger partial charge in [0.25, 0.3) is 0 Å². The Hall–Kier alpha value is -0.780. The average Bonchev–Trinajstić information content (AvgIpc) is 1.88. The summed E-state index contributed by atoms with van der Waals surface area (Å²) in [5.41, 5.74) is 1.27. The molecular formula is C10H18. The minimum absolute atomic E-state index is 0. The van der Waals surface area contributed by atoms with Crippen LogP contribution in [0.4, 0.5) is 0 Å². The first-order valence-electron chi connectivity index (χ1n) is 3.29. The molecule has 0 aromatic rings. The standard InChI is InChI=1S/C9H14.CH4/c1-4-7-9(6-3)8-5-2;/h4,6-7H,1,3,5,8H2,2H3;1H4/b9-7+;. The lowest BCUT2D eigenvalue weighted by molar-refractivity contribution is 0.927. The topological polar surface area (TPSA) is 0 Å². The number of rotatable bonds is 4. The summed E-state index contributed by atoms with van der Waals surface area (Å²) in [5.74, 6) is 0. The third-order valence-electron chi connectivity index (χ3n) is 1.13. The molecule has 0 rings (SSSR count). The van der Waals surface area contributed by atoms with Crippen molar-refractivity contribution in [3.63, 3.8) is 0 Å². The molecule has 0 nitrogen and oxygen atoms in total. The second-order valence-electron chi connectivity index (χ2n) is 1.93. The molecule has 0 aliphatic carbocycles. The molecule has 10 heavy (non-hydrogen) atoms. The van der Waals surface area contributed by atoms with Crippen LogP contribution in [-0.4, -0.2) is 0 Å². The fourth-order valence-electron chi connectivity index (χ4n) is 0.693. The maximum atomic E-state index is 3.68. The Morgan fingerprint density at radius 2 is 2.00 bits per heavy atom. The van der Waals surface area contributed by atoms with E-state index in [1.165, 1.54) is 12.0 Å². The molecule has 0 radical (unpaired) electrons. The van der Waals surface area contributed by atoms with Gasteiger partial charge >= 0.3 is 0 Å². The monoisotopic (exact) mass is 138 g/mol. The third kappa shape index (κ3) is 5.36. The lowest BCUT2D eigenvalue weighted by atomic mass is 10.1. The summed E-state index contributed by atoms with van der Waals surface area (Å²) in [7, 11) is 0. The van der Waals surface area contributed by atoms with Gasteiger partial charge in [-0.15, -0.1) is 0 Å². The van der Waals surface area contributed by atoms with E-state index in [0.29, 0.717) is 0 Å². The molecule has 0 saturated carbocycles. The first-order valence-corrected chi connectivity index (χ1v) is 3.29. The van der Waals surface area contributed by atoms with Gasteiger partial charge in [0.15, 0.2) is 0 Å². The quantitative estimate of drug-likeness (QED) is 0.519. The summed E-state index contributed by atoms with van der Waals surface area (Å²) in [5, 5.41) is 0. The number of hydrogen-bond acceptors (Lipinski definition) is 0. The van der Waals surface area contributed by atoms with E-state index in [0.717, 1.165) is 6.42 Å². The van der Waals surface area contributed by atoms with Gasteiger partial charge in [0.2, 0.25) is 0 Å². The van der Waals surface area contributed by atoms with Gasteiger partial charge in [-0.25, -0.2) is 0 Å². The van der Waals surface area contributed by atoms with Crippen molar-refractivity contribution < 1.29 is 0 Å². The largest absolute Gasteiger partial charge is 0.0991 e. The van der Waals surface area contributed by atoms with Crippen molar-refractivity contribution in [2.45, 2.75) is 27.2 Å². The smallest absolute Gasteiger partial charge is 0.0282 e. The Bertz CT molecular complexity index is 118. The number of allylic oxidation sites excluding steroid dienone is 4. The lowest BCUT2D eigenvalue weighted by Crippen LogP contribution is -1.73. The van der Waals surface area contributed by atoms with E-state index < -0.39 is 0 Å². The molecule has 0 heterocycles. The van der Waals surface area contributed by atoms with Crippen LogP contribution >= 0.6 is 0 Å². The molecule has 0 amide bonds. The van der Waals surface area contributed by atoms with Crippen LogP contribution in [0.5, 0.6) is 0 Å². The zero-order valence-corrected chi connectivity index (χ0v) is 6.06. The predicted octanol–water partition coefficient (Wildman–Crippen LogP) is 3.72. The highest BCUT2D eigenvalue weighted by Gasteiger charge is 1.84. The van der Waals surface area contributed by atoms with Gasteiger partial charge in [-0.3, -0.25) is 0 Å². The maximum absolute atomic E-state index is 3.68. The Morgan fingerprint density at radius 1 is 1.40 bits per heavy atom. The highest BCUT2D eigenvalue weighted by molar-refractivity contribution is 5.20. The summed E-state index contributed by atoms with van der Waals surface area (Å²) in [6.45, 7) is 9.44. The molecule has 0 fully saturated rings. The van der Waals surface area contributed by atoms with Crippen molar-refractivity contribution >= 4 is 0 Å². The van der Waals surface area contributed by atoms with Gasteiger partial charge in [-0.2, -0.15) is 0 Å². The van der Waals surface area contributed by atoms with E-state index in [1.807, 2.05) is 12.2 Å². The Morgan fingerprint density at radius 3 is 2.30 bits per heavy atom. The lowest BCUT2D eigenvalue weighted by Gasteiger charge is -1.93. The minimum Gasteiger partial charge on any atom is -0.0991 e. The Kier molecular flexibility index (Phi) is 9.82. The van der Waals surface area contributed by atoms with Gasteiger partial charge in [-0.1, -0.05) is 52.2 Å². The highest BCUT2D eigenvalue weighted by atomic mass is 13.9. The second kappa shape index (κ2) is 8.22. The van der Waals surface area contributed by atoms with E-state index in [9.17, 15) is 0 Å². The molecule has 58 valence electrons. The van der Waals surface area contributed by atoms with Crippen LogP contribution in [0.2, 0.25) is 0 Å². The van der Waals surface area contributed by atoms with Crippen molar-refractivity contribution in [2.24, 2.45) is 0 Å². The van der Waals surface area contributed by atoms with E-state index in [4.69, 9.17) is 0 Å². The second-order valence-corrected chi connectivity index (χ2v) is 1.93. The van der Waals surface area contributed by atoms with Gasteiger partial charge in [0.05, 0.1) is 0 Å². The molecule has 0 aliphatic rings. The van der Waals surface area contributed by atoms with Crippen LogP contribution in [0, 0.1) is 0 Å². The Labute approximate surface area is 65.0 Å². The zero-order chi connectivity index (χ0) is 7.11. The average molecular weight is 138 g/mol.